The van der Waals surface area contributed by atoms with E-state index < -0.39 is 0 Å². The number of nitrogen functional groups attached to an aromatic ring is 1. The molecule has 3 aromatic rings. The molecule has 2 aromatic heterocycles. The Kier molecular flexibility index (Phi) is 5.99. The summed E-state index contributed by atoms with van der Waals surface area (Å²) in [4.78, 5) is 12.1. The van der Waals surface area contributed by atoms with E-state index in [4.69, 9.17) is 21.9 Å². The lowest BCUT2D eigenvalue weighted by atomic mass is 10.2. The van der Waals surface area contributed by atoms with E-state index in [0.29, 0.717) is 21.6 Å². The zero-order valence-corrected chi connectivity index (χ0v) is 15.8. The van der Waals surface area contributed by atoms with E-state index in [0.717, 1.165) is 17.3 Å². The summed E-state index contributed by atoms with van der Waals surface area (Å²) in [5, 5.41) is 15.5. The standard InChI is InChI=1S/C16H16ClN7O2S/c1-10-4-5-11(17)7-13(10)20-14(25)9-27-16-23-22-15(24(16)18)21-19-8-12-3-2-6-26-12/h2-8H,9,18H2,1H3,(H,20,25)(H,21,22)/b19-8+. The molecule has 1 amide bonds. The summed E-state index contributed by atoms with van der Waals surface area (Å²) < 4.78 is 6.33. The number of hydrogen-bond donors (Lipinski definition) is 3. The van der Waals surface area contributed by atoms with Crippen LogP contribution in [0.4, 0.5) is 11.6 Å². The second kappa shape index (κ2) is 8.60. The van der Waals surface area contributed by atoms with Crippen LogP contribution in [0.15, 0.2) is 51.3 Å². The average Bonchev–Trinajstić information content (AvgIpc) is 3.27. The van der Waals surface area contributed by atoms with Gasteiger partial charge in [0.05, 0.1) is 18.2 Å². The summed E-state index contributed by atoms with van der Waals surface area (Å²) in [5.41, 5.74) is 4.24. The molecule has 2 heterocycles. The Bertz CT molecular complexity index is 956. The number of aromatic nitrogens is 3. The van der Waals surface area contributed by atoms with Crippen LogP contribution in [0, 0.1) is 6.92 Å². The van der Waals surface area contributed by atoms with E-state index in [1.807, 2.05) is 13.0 Å². The quantitative estimate of drug-likeness (QED) is 0.239. The van der Waals surface area contributed by atoms with E-state index in [9.17, 15) is 4.79 Å². The van der Waals surface area contributed by atoms with Gasteiger partial charge in [-0.15, -0.1) is 10.2 Å². The van der Waals surface area contributed by atoms with Gasteiger partial charge in [0.15, 0.2) is 0 Å². The topological polar surface area (TPSA) is 123 Å². The van der Waals surface area contributed by atoms with E-state index in [1.165, 1.54) is 17.2 Å². The van der Waals surface area contributed by atoms with Crippen molar-refractivity contribution in [3.05, 3.63) is 52.9 Å². The molecule has 1 aromatic carbocycles. The fourth-order valence-corrected chi connectivity index (χ4v) is 2.84. The number of hydrazone groups is 1. The van der Waals surface area contributed by atoms with Crippen LogP contribution in [0.3, 0.4) is 0 Å². The highest BCUT2D eigenvalue weighted by atomic mass is 35.5. The van der Waals surface area contributed by atoms with Crippen molar-refractivity contribution in [2.24, 2.45) is 5.10 Å². The normalized spacial score (nSPS) is 11.0. The molecule has 140 valence electrons. The lowest BCUT2D eigenvalue weighted by Crippen LogP contribution is -2.17. The molecular weight excluding hydrogens is 390 g/mol. The summed E-state index contributed by atoms with van der Waals surface area (Å²) in [5.74, 6) is 6.61. The number of furan rings is 1. The first-order valence-electron chi connectivity index (χ1n) is 7.75. The van der Waals surface area contributed by atoms with Crippen molar-refractivity contribution in [2.45, 2.75) is 12.1 Å². The molecule has 0 aliphatic heterocycles. The molecule has 0 aliphatic carbocycles. The lowest BCUT2D eigenvalue weighted by Gasteiger charge is -2.08. The summed E-state index contributed by atoms with van der Waals surface area (Å²) in [7, 11) is 0. The molecule has 0 saturated carbocycles. The Morgan fingerprint density at radius 3 is 3.07 bits per heavy atom. The van der Waals surface area contributed by atoms with Crippen molar-refractivity contribution >= 4 is 47.1 Å². The van der Waals surface area contributed by atoms with E-state index >= 15 is 0 Å². The van der Waals surface area contributed by atoms with Crippen molar-refractivity contribution in [1.82, 2.24) is 14.9 Å². The van der Waals surface area contributed by atoms with Gasteiger partial charge in [-0.05, 0) is 36.8 Å². The fraction of sp³-hybridized carbons (Fsp3) is 0.125. The zero-order valence-electron chi connectivity index (χ0n) is 14.2. The van der Waals surface area contributed by atoms with Crippen molar-refractivity contribution in [3.8, 4) is 0 Å². The third-order valence-corrected chi connectivity index (χ3v) is 4.55. The maximum absolute atomic E-state index is 12.1. The largest absolute Gasteiger partial charge is 0.463 e. The number of benzene rings is 1. The predicted molar refractivity (Wildman–Crippen MR) is 106 cm³/mol. The van der Waals surface area contributed by atoms with Crippen molar-refractivity contribution in [1.29, 1.82) is 0 Å². The van der Waals surface area contributed by atoms with E-state index in [1.54, 1.807) is 24.3 Å². The first-order valence-corrected chi connectivity index (χ1v) is 9.11. The Balaban J connectivity index is 1.54. The number of aryl methyl sites for hydroxylation is 1. The number of nitrogens with zero attached hydrogens (tertiary/aromatic N) is 4. The van der Waals surface area contributed by atoms with E-state index in [-0.39, 0.29) is 17.6 Å². The molecule has 0 unspecified atom stereocenters. The van der Waals surface area contributed by atoms with Crippen LogP contribution in [-0.2, 0) is 4.79 Å². The third-order valence-electron chi connectivity index (χ3n) is 3.37. The molecule has 0 bridgehead atoms. The number of halogens is 1. The SMILES string of the molecule is Cc1ccc(Cl)cc1NC(=O)CSc1nnc(N/N=C/c2ccco2)n1N. The summed E-state index contributed by atoms with van der Waals surface area (Å²) in [6.07, 6.45) is 3.01. The second-order valence-corrected chi connectivity index (χ2v) is 6.74. The highest BCUT2D eigenvalue weighted by Gasteiger charge is 2.12. The van der Waals surface area contributed by atoms with Gasteiger partial charge in [0.1, 0.15) is 5.76 Å². The number of nitrogens with one attached hydrogen (secondary N) is 2. The number of rotatable bonds is 7. The van der Waals surface area contributed by atoms with Crippen LogP contribution in [0.2, 0.25) is 5.02 Å². The minimum atomic E-state index is -0.210. The van der Waals surface area contributed by atoms with Crippen LogP contribution < -0.4 is 16.6 Å². The van der Waals surface area contributed by atoms with Crippen molar-refractivity contribution < 1.29 is 9.21 Å². The molecular formula is C16H16ClN7O2S. The van der Waals surface area contributed by atoms with Gasteiger partial charge in [-0.25, -0.2) is 10.1 Å². The Morgan fingerprint density at radius 2 is 2.30 bits per heavy atom. The molecule has 3 rings (SSSR count). The summed E-state index contributed by atoms with van der Waals surface area (Å²) in [6, 6.07) is 8.80. The van der Waals surface area contributed by atoms with Gasteiger partial charge in [-0.1, -0.05) is 29.4 Å². The lowest BCUT2D eigenvalue weighted by molar-refractivity contribution is -0.113. The van der Waals surface area contributed by atoms with Gasteiger partial charge >= 0.3 is 0 Å². The zero-order chi connectivity index (χ0) is 19.2. The van der Waals surface area contributed by atoms with Gasteiger partial charge in [0.2, 0.25) is 11.1 Å². The van der Waals surface area contributed by atoms with Crippen LogP contribution in [0.5, 0.6) is 0 Å². The molecule has 4 N–H and O–H groups in total. The van der Waals surface area contributed by atoms with Gasteiger partial charge in [-0.3, -0.25) is 4.79 Å². The first kappa shape index (κ1) is 18.8. The van der Waals surface area contributed by atoms with Crippen molar-refractivity contribution in [2.75, 3.05) is 22.3 Å². The molecule has 27 heavy (non-hydrogen) atoms. The maximum Gasteiger partial charge on any atom is 0.264 e. The minimum Gasteiger partial charge on any atom is -0.463 e. The second-order valence-electron chi connectivity index (χ2n) is 5.36. The maximum atomic E-state index is 12.1. The summed E-state index contributed by atoms with van der Waals surface area (Å²) in [6.45, 7) is 1.89. The van der Waals surface area contributed by atoms with Gasteiger partial charge in [0.25, 0.3) is 5.95 Å². The van der Waals surface area contributed by atoms with Gasteiger partial charge < -0.3 is 15.6 Å². The Morgan fingerprint density at radius 1 is 1.44 bits per heavy atom. The number of carbonyl (C=O) groups is 1. The van der Waals surface area contributed by atoms with Gasteiger partial charge in [0, 0.05) is 10.7 Å². The predicted octanol–water partition coefficient (Wildman–Crippen LogP) is 2.72. The molecule has 9 nitrogen and oxygen atoms in total. The number of nitrogens with two attached hydrogens (primary N) is 1. The first-order chi connectivity index (χ1) is 13.0. The van der Waals surface area contributed by atoms with Crippen molar-refractivity contribution in [3.63, 3.8) is 0 Å². The molecule has 0 spiro atoms. The Hall–Kier alpha value is -2.98. The third kappa shape index (κ3) is 5.02. The van der Waals surface area contributed by atoms with Crippen LogP contribution >= 0.6 is 23.4 Å². The molecule has 0 fully saturated rings. The average molecular weight is 406 g/mol. The van der Waals surface area contributed by atoms with Crippen LogP contribution in [0.1, 0.15) is 11.3 Å². The molecule has 11 heteroatoms. The number of thioether (sulfide) groups is 1. The fourth-order valence-electron chi connectivity index (χ4n) is 2.02. The van der Waals surface area contributed by atoms with Gasteiger partial charge in [-0.2, -0.15) is 5.10 Å². The minimum absolute atomic E-state index is 0.108. The highest BCUT2D eigenvalue weighted by molar-refractivity contribution is 7.99. The Labute approximate surface area is 163 Å². The highest BCUT2D eigenvalue weighted by Crippen LogP contribution is 2.21. The van der Waals surface area contributed by atoms with E-state index in [2.05, 4.69) is 26.0 Å². The summed E-state index contributed by atoms with van der Waals surface area (Å²) >= 11 is 7.10. The van der Waals surface area contributed by atoms with Crippen LogP contribution in [0.25, 0.3) is 0 Å². The molecule has 0 saturated heterocycles. The monoisotopic (exact) mass is 405 g/mol. The smallest absolute Gasteiger partial charge is 0.264 e. The molecule has 0 aliphatic rings. The number of hydrogen-bond acceptors (Lipinski definition) is 8. The number of anilines is 2. The number of carbonyl (C=O) groups excluding carboxylic acids is 1. The molecule has 0 radical (unpaired) electrons. The molecule has 0 atom stereocenters. The van der Waals surface area contributed by atoms with Crippen LogP contribution in [-0.4, -0.2) is 32.7 Å². The number of amides is 1.